The van der Waals surface area contributed by atoms with Crippen molar-refractivity contribution in [3.63, 3.8) is 0 Å². The number of likely N-dealkylation sites (N-methyl/N-ethyl adjacent to an activating group) is 1. The Bertz CT molecular complexity index is 1130. The van der Waals surface area contributed by atoms with Crippen LogP contribution in [0.1, 0.15) is 72.3 Å². The molecule has 35 heavy (non-hydrogen) atoms. The normalized spacial score (nSPS) is 36.2. The Labute approximate surface area is 212 Å². The molecular formula is C28H42N2O4Si. The molecule has 1 heterocycles. The van der Waals surface area contributed by atoms with Crippen LogP contribution >= 0.6 is 0 Å². The third kappa shape index (κ3) is 3.60. The number of primary amides is 1. The molecule has 0 aromatic heterocycles. The number of ether oxygens (including phenoxy) is 1. The van der Waals surface area contributed by atoms with Crippen molar-refractivity contribution in [1.82, 2.24) is 0 Å². The Kier molecular flexibility index (Phi) is 5.57. The van der Waals surface area contributed by atoms with Crippen LogP contribution in [0.5, 0.6) is 0 Å². The van der Waals surface area contributed by atoms with Gasteiger partial charge < -0.3 is 19.8 Å². The Balaban J connectivity index is 2.06. The van der Waals surface area contributed by atoms with E-state index >= 15 is 0 Å². The van der Waals surface area contributed by atoms with E-state index in [0.29, 0.717) is 6.42 Å². The number of fused-ring (bicyclic) bond motifs is 3. The van der Waals surface area contributed by atoms with Crippen LogP contribution in [-0.2, 0) is 14.0 Å². The highest BCUT2D eigenvalue weighted by Crippen LogP contribution is 2.65. The number of carbonyl (C=O) groups excluding carboxylic acids is 2. The van der Waals surface area contributed by atoms with E-state index in [1.54, 1.807) is 4.90 Å². The number of rotatable bonds is 4. The van der Waals surface area contributed by atoms with Crippen molar-refractivity contribution in [3.8, 4) is 0 Å². The second-order valence-electron chi connectivity index (χ2n) is 12.9. The summed E-state index contributed by atoms with van der Waals surface area (Å²) in [5.74, 6) is -1.60. The average molecular weight is 500 g/mol. The number of nitrogens with two attached hydrogens (primary N) is 1. The number of nitrogens with zero attached hydrogens (tertiary/aromatic N) is 1. The van der Waals surface area contributed by atoms with Gasteiger partial charge in [0, 0.05) is 30.0 Å². The maximum absolute atomic E-state index is 13.7. The highest BCUT2D eigenvalue weighted by atomic mass is 28.4. The first kappa shape index (κ1) is 24.6. The van der Waals surface area contributed by atoms with Gasteiger partial charge in [0.2, 0.25) is 5.91 Å². The number of hydrogen-bond acceptors (Lipinski definition) is 4. The number of hydrogen-bond donors (Lipinski definition) is 1. The summed E-state index contributed by atoms with van der Waals surface area (Å²) in [7, 11) is -0.425. The minimum Gasteiger partial charge on any atom is -0.445 e. The van der Waals surface area contributed by atoms with Gasteiger partial charge in [-0.3, -0.25) is 4.79 Å². The predicted molar refractivity (Wildman–Crippen MR) is 142 cm³/mol. The molecular weight excluding hydrogens is 456 g/mol. The summed E-state index contributed by atoms with van der Waals surface area (Å²) in [4.78, 5) is 27.8. The molecule has 5 unspecified atom stereocenters. The van der Waals surface area contributed by atoms with Gasteiger partial charge in [0.25, 0.3) is 0 Å². The minimum atomic E-state index is -2.23. The second-order valence-corrected chi connectivity index (χ2v) is 17.7. The average Bonchev–Trinajstić information content (AvgIpc) is 2.98. The molecule has 3 aliphatic rings. The van der Waals surface area contributed by atoms with E-state index in [9.17, 15) is 11.0 Å². The van der Waals surface area contributed by atoms with Crippen molar-refractivity contribution in [1.29, 1.82) is 0 Å². The summed E-state index contributed by atoms with van der Waals surface area (Å²) in [5, 5.41) is -0.0211. The Morgan fingerprint density at radius 1 is 1.31 bits per heavy atom. The molecule has 192 valence electrons. The van der Waals surface area contributed by atoms with E-state index in [1.165, 1.54) is 0 Å². The van der Waals surface area contributed by atoms with Crippen molar-refractivity contribution >= 4 is 26.0 Å². The fourth-order valence-electron chi connectivity index (χ4n) is 6.40. The number of carbonyl (C=O) groups is 2. The smallest absolute Gasteiger partial charge is 0.404 e. The van der Waals surface area contributed by atoms with Crippen LogP contribution in [-0.4, -0.2) is 39.5 Å². The lowest BCUT2D eigenvalue weighted by molar-refractivity contribution is -0.129. The lowest BCUT2D eigenvalue weighted by Gasteiger charge is -2.56. The zero-order chi connectivity index (χ0) is 27.2. The Morgan fingerprint density at radius 3 is 2.49 bits per heavy atom. The van der Waals surface area contributed by atoms with E-state index in [4.69, 9.17) is 14.9 Å². The molecule has 1 fully saturated rings. The highest BCUT2D eigenvalue weighted by molar-refractivity contribution is 6.74. The number of benzene rings is 1. The first-order valence-corrected chi connectivity index (χ1v) is 15.5. The molecule has 2 bridgehead atoms. The minimum absolute atomic E-state index is 0.00130. The zero-order valence-corrected chi connectivity index (χ0v) is 23.7. The monoisotopic (exact) mass is 499 g/mol. The van der Waals surface area contributed by atoms with Crippen LogP contribution in [0, 0.1) is 16.7 Å². The van der Waals surface area contributed by atoms with E-state index < -0.39 is 49.1 Å². The van der Waals surface area contributed by atoms with Crippen molar-refractivity contribution in [2.45, 2.75) is 90.1 Å². The quantitative estimate of drug-likeness (QED) is 0.411. The molecule has 1 aromatic carbocycles. The fraction of sp³-hybridized carbons (Fsp3) is 0.643. The lowest BCUT2D eigenvalue weighted by Crippen LogP contribution is -2.59. The molecule has 0 spiro atoms. The Hall–Kier alpha value is -2.12. The second kappa shape index (κ2) is 7.94. The molecule has 7 heteroatoms. The summed E-state index contributed by atoms with van der Waals surface area (Å²) in [6, 6.07) is 5.85. The number of amides is 2. The summed E-state index contributed by atoms with van der Waals surface area (Å²) >= 11 is 0. The van der Waals surface area contributed by atoms with Crippen LogP contribution in [0.3, 0.4) is 0 Å². The van der Waals surface area contributed by atoms with Gasteiger partial charge in [0.1, 0.15) is 6.08 Å². The van der Waals surface area contributed by atoms with E-state index in [1.807, 2.05) is 45.2 Å². The van der Waals surface area contributed by atoms with Gasteiger partial charge in [-0.05, 0) is 47.2 Å². The van der Waals surface area contributed by atoms with Gasteiger partial charge in [-0.1, -0.05) is 59.8 Å². The summed E-state index contributed by atoms with van der Waals surface area (Å²) in [6.07, 6.45) is -0.645. The zero-order valence-electron chi connectivity index (χ0n) is 23.7. The summed E-state index contributed by atoms with van der Waals surface area (Å²) in [5.41, 5.74) is 6.76. The third-order valence-corrected chi connectivity index (χ3v) is 14.1. The third-order valence-electron chi connectivity index (χ3n) is 9.59. The highest BCUT2D eigenvalue weighted by Gasteiger charge is 2.64. The van der Waals surface area contributed by atoms with Crippen LogP contribution < -0.4 is 10.6 Å². The molecule has 0 saturated heterocycles. The van der Waals surface area contributed by atoms with Crippen molar-refractivity contribution in [2.75, 3.05) is 11.9 Å². The number of anilines is 1. The van der Waals surface area contributed by atoms with Gasteiger partial charge >= 0.3 is 6.09 Å². The van der Waals surface area contributed by atoms with E-state index in [-0.39, 0.29) is 17.0 Å². The topological polar surface area (TPSA) is 81.9 Å². The van der Waals surface area contributed by atoms with Crippen LogP contribution in [0.25, 0.3) is 0 Å². The molecule has 6 nitrogen and oxygen atoms in total. The van der Waals surface area contributed by atoms with Gasteiger partial charge in [-0.15, -0.1) is 6.58 Å². The molecule has 6 atom stereocenters. The molecule has 4 rings (SSSR count). The van der Waals surface area contributed by atoms with Crippen molar-refractivity contribution in [3.05, 3.63) is 42.0 Å². The van der Waals surface area contributed by atoms with Crippen molar-refractivity contribution < 1.29 is 20.1 Å². The molecule has 0 radical (unpaired) electrons. The molecule has 2 N–H and O–H groups in total. The summed E-state index contributed by atoms with van der Waals surface area (Å²) < 4.78 is 22.8. The largest absolute Gasteiger partial charge is 0.445 e. The lowest BCUT2D eigenvalue weighted by atomic mass is 9.55. The predicted octanol–water partition coefficient (Wildman–Crippen LogP) is 5.94. The maximum Gasteiger partial charge on any atom is 0.404 e. The SMILES string of the molecule is [2H]C1(OC(N)=O)C2c3cccc4c3[C@H](C(=O)N4C)C(C)(C)C1CC(O[Si](C)(C)C(C)(C)C)C2(C)C=C. The van der Waals surface area contributed by atoms with E-state index in [0.717, 1.165) is 16.8 Å². The van der Waals surface area contributed by atoms with Crippen LogP contribution in [0.4, 0.5) is 10.5 Å². The van der Waals surface area contributed by atoms with E-state index in [2.05, 4.69) is 47.4 Å². The molecule has 2 aliphatic carbocycles. The summed E-state index contributed by atoms with van der Waals surface area (Å²) in [6.45, 7) is 21.4. The van der Waals surface area contributed by atoms with Crippen LogP contribution in [0.15, 0.2) is 30.9 Å². The van der Waals surface area contributed by atoms with Gasteiger partial charge in [-0.25, -0.2) is 4.79 Å². The van der Waals surface area contributed by atoms with Crippen LogP contribution in [0.2, 0.25) is 18.1 Å². The van der Waals surface area contributed by atoms with Gasteiger partial charge in [-0.2, -0.15) is 0 Å². The first-order valence-electron chi connectivity index (χ1n) is 13.0. The standard InChI is InChI=1S/C28H42N2O4Si/c1-11-28(7)19(34-35(9,10)26(2,3)4)15-17-23(33-25(29)32)21(28)16-13-12-14-18-20(16)22(27(17,5)6)24(31)30(18)8/h11-14,17,19,21-23H,1,15H2,2-10H3,(H2,29,32)/t17?,19?,21?,22-,23?,28?/m1/s1/i23D. The van der Waals surface area contributed by atoms with Gasteiger partial charge in [0.15, 0.2) is 8.32 Å². The molecule has 1 aromatic rings. The van der Waals surface area contributed by atoms with Crippen molar-refractivity contribution in [2.24, 2.45) is 22.5 Å². The molecule has 1 aliphatic heterocycles. The Morgan fingerprint density at radius 2 is 1.94 bits per heavy atom. The maximum atomic E-state index is 13.7. The van der Waals surface area contributed by atoms with Gasteiger partial charge in [0.05, 0.1) is 13.4 Å². The molecule has 1 saturated carbocycles. The first-order chi connectivity index (χ1) is 16.3. The molecule has 2 amide bonds. The fourth-order valence-corrected chi connectivity index (χ4v) is 7.81.